The van der Waals surface area contributed by atoms with Crippen LogP contribution in [-0.4, -0.2) is 99.6 Å². The number of hydrogen-bond acceptors (Lipinski definition) is 10. The lowest BCUT2D eigenvalue weighted by Crippen LogP contribution is -2.61. The van der Waals surface area contributed by atoms with E-state index in [0.717, 1.165) is 57.8 Å². The van der Waals surface area contributed by atoms with Gasteiger partial charge in [0.25, 0.3) is 0 Å². The van der Waals surface area contributed by atoms with Crippen LogP contribution in [0.25, 0.3) is 0 Å². The third-order valence-corrected chi connectivity index (χ3v) is 17.7. The molecule has 6 N–H and O–H groups in total. The van der Waals surface area contributed by atoms with Gasteiger partial charge in [0.2, 0.25) is 5.91 Å². The van der Waals surface area contributed by atoms with Crippen LogP contribution >= 0.6 is 0 Å². The first-order valence-electron chi connectivity index (χ1n) is 36.5. The van der Waals surface area contributed by atoms with E-state index in [0.29, 0.717) is 19.3 Å². The molecule has 0 aromatic carbocycles. The van der Waals surface area contributed by atoms with E-state index in [1.165, 1.54) is 270 Å². The summed E-state index contributed by atoms with van der Waals surface area (Å²) in [5.41, 5.74) is 0. The standard InChI is InChI=1S/C72H139NO10/c1-4-7-10-13-16-19-22-24-26-28-30-31-32-33-34-36-37-39-41-44-47-50-53-56-59-65(76)71(80)73-63(64(75)58-55-52-49-46-43-21-18-15-12-9-6-3)62-81-72-70(69(79)68(78)66(61-74)82-72)83-67(77)60-57-54-51-48-45-42-40-38-35-29-27-25-23-20-17-14-11-8-5-2/h55,58,63-66,68-70,72,74-76,78-79H,4-54,56-57,59-62H2,1-3H3,(H,73,80)/b58-55+. The Kier molecular flexibility index (Phi) is 58.1. The summed E-state index contributed by atoms with van der Waals surface area (Å²) >= 11 is 0. The summed E-state index contributed by atoms with van der Waals surface area (Å²) in [6.45, 7) is 5.86. The summed E-state index contributed by atoms with van der Waals surface area (Å²) in [6, 6.07) is -1.02. The Morgan fingerprint density at radius 1 is 0.458 bits per heavy atom. The Morgan fingerprint density at radius 2 is 0.783 bits per heavy atom. The second-order valence-electron chi connectivity index (χ2n) is 25.7. The third-order valence-electron chi connectivity index (χ3n) is 17.7. The summed E-state index contributed by atoms with van der Waals surface area (Å²) in [5, 5.41) is 57.2. The number of nitrogens with one attached hydrogen (secondary N) is 1. The molecule has 0 aliphatic carbocycles. The molecule has 1 aliphatic heterocycles. The van der Waals surface area contributed by atoms with Crippen LogP contribution in [0.1, 0.15) is 374 Å². The highest BCUT2D eigenvalue weighted by atomic mass is 16.7. The molecule has 0 spiro atoms. The zero-order valence-electron chi connectivity index (χ0n) is 54.9. The topological polar surface area (TPSA) is 175 Å². The minimum Gasteiger partial charge on any atom is -0.454 e. The van der Waals surface area contributed by atoms with Crippen molar-refractivity contribution in [1.82, 2.24) is 5.32 Å². The van der Waals surface area contributed by atoms with Gasteiger partial charge in [-0.1, -0.05) is 354 Å². The summed E-state index contributed by atoms with van der Waals surface area (Å²) in [6.07, 6.45) is 61.3. The molecule has 0 radical (unpaired) electrons. The van der Waals surface area contributed by atoms with Crippen molar-refractivity contribution in [1.29, 1.82) is 0 Å². The summed E-state index contributed by atoms with van der Waals surface area (Å²) in [4.78, 5) is 26.7. The Balaban J connectivity index is 2.52. The average Bonchev–Trinajstić information content (AvgIpc) is 3.69. The lowest BCUT2D eigenvalue weighted by molar-refractivity contribution is -0.305. The molecule has 8 atom stereocenters. The normalized spacial score (nSPS) is 18.5. The SMILES string of the molecule is CCCCCCCCCCC/C=C/C(O)C(COC1OC(CO)C(O)C(O)C1OC(=O)CCCCCCCCCCCCCCCCCCCCC)NC(=O)C(O)CCCCCCCCCCCCCCCCCCCCCCCCCC. The number of esters is 1. The molecule has 8 unspecified atom stereocenters. The number of hydrogen-bond donors (Lipinski definition) is 6. The maximum absolute atomic E-state index is 13.5. The highest BCUT2D eigenvalue weighted by molar-refractivity contribution is 5.80. The fraction of sp³-hybridized carbons (Fsp3) is 0.944. The summed E-state index contributed by atoms with van der Waals surface area (Å²) in [7, 11) is 0. The molecule has 1 aliphatic rings. The Morgan fingerprint density at radius 3 is 1.13 bits per heavy atom. The zero-order valence-corrected chi connectivity index (χ0v) is 54.9. The van der Waals surface area contributed by atoms with Gasteiger partial charge in [0.15, 0.2) is 12.4 Å². The number of rotatable bonds is 64. The van der Waals surface area contributed by atoms with Crippen molar-refractivity contribution in [2.45, 2.75) is 423 Å². The molecule has 0 saturated carbocycles. The Hall–Kier alpha value is -1.60. The van der Waals surface area contributed by atoms with E-state index in [2.05, 4.69) is 26.1 Å². The van der Waals surface area contributed by atoms with Crippen molar-refractivity contribution >= 4 is 11.9 Å². The molecule has 11 heteroatoms. The third kappa shape index (κ3) is 48.1. The zero-order chi connectivity index (χ0) is 60.3. The van der Waals surface area contributed by atoms with Gasteiger partial charge in [0.1, 0.15) is 24.4 Å². The fourth-order valence-electron chi connectivity index (χ4n) is 12.0. The first-order valence-corrected chi connectivity index (χ1v) is 36.5. The smallest absolute Gasteiger partial charge is 0.306 e. The van der Waals surface area contributed by atoms with Gasteiger partial charge in [0, 0.05) is 6.42 Å². The van der Waals surface area contributed by atoms with Crippen molar-refractivity contribution in [3.63, 3.8) is 0 Å². The lowest BCUT2D eigenvalue weighted by Gasteiger charge is -2.41. The number of ether oxygens (including phenoxy) is 3. The van der Waals surface area contributed by atoms with E-state index in [1.807, 2.05) is 6.08 Å². The number of allylic oxidation sites excluding steroid dienone is 1. The molecule has 1 amide bonds. The van der Waals surface area contributed by atoms with Gasteiger partial charge in [-0.15, -0.1) is 0 Å². The van der Waals surface area contributed by atoms with Crippen molar-refractivity contribution in [3.05, 3.63) is 12.2 Å². The molecule has 0 aromatic heterocycles. The van der Waals surface area contributed by atoms with Crippen LogP contribution in [0.5, 0.6) is 0 Å². The number of carbonyl (C=O) groups is 2. The van der Waals surface area contributed by atoms with E-state index < -0.39 is 67.4 Å². The fourth-order valence-corrected chi connectivity index (χ4v) is 12.0. The van der Waals surface area contributed by atoms with Crippen molar-refractivity contribution in [3.8, 4) is 0 Å². The van der Waals surface area contributed by atoms with E-state index in [1.54, 1.807) is 6.08 Å². The van der Waals surface area contributed by atoms with Crippen LogP contribution in [0.3, 0.4) is 0 Å². The Bertz CT molecular complexity index is 1400. The van der Waals surface area contributed by atoms with Gasteiger partial charge in [-0.05, 0) is 25.7 Å². The van der Waals surface area contributed by atoms with Crippen molar-refractivity contribution in [2.75, 3.05) is 13.2 Å². The molecule has 1 heterocycles. The molecular weight excluding hydrogens is 1040 g/mol. The van der Waals surface area contributed by atoms with Gasteiger partial charge >= 0.3 is 5.97 Å². The van der Waals surface area contributed by atoms with Crippen LogP contribution in [0, 0.1) is 0 Å². The maximum atomic E-state index is 13.5. The average molecular weight is 1180 g/mol. The molecule has 0 aromatic rings. The highest BCUT2D eigenvalue weighted by Gasteiger charge is 2.47. The van der Waals surface area contributed by atoms with Gasteiger partial charge in [-0.3, -0.25) is 9.59 Å². The number of carbonyl (C=O) groups excluding carboxylic acids is 2. The molecule has 0 bridgehead atoms. The molecule has 83 heavy (non-hydrogen) atoms. The van der Waals surface area contributed by atoms with E-state index >= 15 is 0 Å². The first-order chi connectivity index (χ1) is 40.7. The van der Waals surface area contributed by atoms with Crippen LogP contribution in [0.15, 0.2) is 12.2 Å². The van der Waals surface area contributed by atoms with Crippen LogP contribution in [0.4, 0.5) is 0 Å². The summed E-state index contributed by atoms with van der Waals surface area (Å²) in [5.74, 6) is -1.17. The largest absolute Gasteiger partial charge is 0.454 e. The summed E-state index contributed by atoms with van der Waals surface area (Å²) < 4.78 is 17.7. The van der Waals surface area contributed by atoms with Crippen LogP contribution in [0.2, 0.25) is 0 Å². The number of amides is 1. The van der Waals surface area contributed by atoms with Crippen LogP contribution < -0.4 is 5.32 Å². The quantitative estimate of drug-likeness (QED) is 0.0195. The number of aliphatic hydroxyl groups is 5. The van der Waals surface area contributed by atoms with Gasteiger partial charge < -0.3 is 45.1 Å². The predicted octanol–water partition coefficient (Wildman–Crippen LogP) is 18.6. The monoisotopic (exact) mass is 1180 g/mol. The highest BCUT2D eigenvalue weighted by Crippen LogP contribution is 2.27. The molecule has 1 saturated heterocycles. The van der Waals surface area contributed by atoms with Gasteiger partial charge in [-0.25, -0.2) is 0 Å². The minimum absolute atomic E-state index is 0.132. The van der Waals surface area contributed by atoms with Crippen molar-refractivity contribution < 1.29 is 49.3 Å². The van der Waals surface area contributed by atoms with E-state index in [-0.39, 0.29) is 13.0 Å². The molecular formula is C72H139NO10. The van der Waals surface area contributed by atoms with Gasteiger partial charge in [-0.2, -0.15) is 0 Å². The van der Waals surface area contributed by atoms with E-state index in [4.69, 9.17) is 14.2 Å². The number of aliphatic hydroxyl groups excluding tert-OH is 5. The number of unbranched alkanes of at least 4 members (excludes halogenated alkanes) is 50. The van der Waals surface area contributed by atoms with Gasteiger partial charge in [0.05, 0.1) is 25.4 Å². The Labute approximate surface area is 512 Å². The second kappa shape index (κ2) is 60.7. The second-order valence-corrected chi connectivity index (χ2v) is 25.7. The predicted molar refractivity (Wildman–Crippen MR) is 348 cm³/mol. The van der Waals surface area contributed by atoms with Crippen LogP contribution in [-0.2, 0) is 23.8 Å². The lowest BCUT2D eigenvalue weighted by atomic mass is 9.99. The first kappa shape index (κ1) is 79.4. The van der Waals surface area contributed by atoms with E-state index in [9.17, 15) is 35.1 Å². The maximum Gasteiger partial charge on any atom is 0.306 e. The molecule has 1 rings (SSSR count). The molecule has 1 fully saturated rings. The van der Waals surface area contributed by atoms with Crippen molar-refractivity contribution in [2.24, 2.45) is 0 Å². The molecule has 11 nitrogen and oxygen atoms in total. The minimum atomic E-state index is -1.61. The molecule has 492 valence electrons.